The van der Waals surface area contributed by atoms with Crippen molar-refractivity contribution in [2.45, 2.75) is 49.4 Å². The molecule has 0 amide bonds. The number of anilines is 2. The summed E-state index contributed by atoms with van der Waals surface area (Å²) in [5.74, 6) is -0.690. The van der Waals surface area contributed by atoms with E-state index in [9.17, 15) is 8.78 Å². The normalized spacial score (nSPS) is 25.1. The Morgan fingerprint density at radius 3 is 2.82 bits per heavy atom. The average Bonchev–Trinajstić information content (AvgIpc) is 3.69. The van der Waals surface area contributed by atoms with Crippen LogP contribution in [0.25, 0.3) is 32.2 Å². The van der Waals surface area contributed by atoms with E-state index < -0.39 is 23.3 Å². The van der Waals surface area contributed by atoms with Crippen molar-refractivity contribution in [2.24, 2.45) is 0 Å². The van der Waals surface area contributed by atoms with Crippen LogP contribution in [0.4, 0.5) is 24.1 Å². The van der Waals surface area contributed by atoms with Crippen molar-refractivity contribution in [1.82, 2.24) is 25.2 Å². The molecular formula is C31H33ClF3N7O2S. The van der Waals surface area contributed by atoms with Crippen LogP contribution in [-0.4, -0.2) is 89.6 Å². The maximum atomic E-state index is 16.8. The number of halogens is 4. The van der Waals surface area contributed by atoms with E-state index in [2.05, 4.69) is 25.1 Å². The van der Waals surface area contributed by atoms with E-state index in [1.54, 1.807) is 6.07 Å². The van der Waals surface area contributed by atoms with Crippen LogP contribution in [0.5, 0.6) is 6.01 Å². The third-order valence-electron chi connectivity index (χ3n) is 9.92. The molecule has 2 aromatic carbocycles. The van der Waals surface area contributed by atoms with Crippen LogP contribution in [0.1, 0.15) is 32.1 Å². The number of thiazole rings is 1. The first-order valence-corrected chi connectivity index (χ1v) is 16.6. The Labute approximate surface area is 266 Å². The van der Waals surface area contributed by atoms with Gasteiger partial charge in [0.05, 0.1) is 33.0 Å². The molecule has 1 unspecified atom stereocenters. The third kappa shape index (κ3) is 4.98. The number of morpholine rings is 1. The van der Waals surface area contributed by atoms with Gasteiger partial charge >= 0.3 is 6.01 Å². The van der Waals surface area contributed by atoms with Crippen molar-refractivity contribution in [3.8, 4) is 17.1 Å². The molecule has 45 heavy (non-hydrogen) atoms. The van der Waals surface area contributed by atoms with Gasteiger partial charge in [-0.2, -0.15) is 9.97 Å². The first-order valence-electron chi connectivity index (χ1n) is 15.4. The number of nitrogens with two attached hydrogens (primary N) is 1. The molecule has 2 aromatic heterocycles. The summed E-state index contributed by atoms with van der Waals surface area (Å²) in [5, 5.41) is 4.10. The van der Waals surface area contributed by atoms with Gasteiger partial charge in [-0.05, 0) is 63.5 Å². The number of piperidine rings is 1. The van der Waals surface area contributed by atoms with Gasteiger partial charge in [-0.25, -0.2) is 18.2 Å². The summed E-state index contributed by atoms with van der Waals surface area (Å²) in [4.78, 5) is 18.0. The summed E-state index contributed by atoms with van der Waals surface area (Å²) < 4.78 is 58.8. The molecule has 0 aliphatic carbocycles. The zero-order chi connectivity index (χ0) is 30.9. The first-order chi connectivity index (χ1) is 21.7. The van der Waals surface area contributed by atoms with Gasteiger partial charge in [0, 0.05) is 42.6 Å². The number of hydrogen-bond acceptors (Lipinski definition) is 10. The molecule has 4 fully saturated rings. The molecule has 4 aromatic rings. The van der Waals surface area contributed by atoms with Crippen LogP contribution in [-0.2, 0) is 4.74 Å². The van der Waals surface area contributed by atoms with Crippen molar-refractivity contribution in [2.75, 3.05) is 63.1 Å². The van der Waals surface area contributed by atoms with Crippen molar-refractivity contribution >= 4 is 55.0 Å². The van der Waals surface area contributed by atoms with Gasteiger partial charge in [-0.3, -0.25) is 4.90 Å². The molecular weight excluding hydrogens is 627 g/mol. The SMILES string of the molecule is Nc1nc2c(-c3c(Cl)cc4c(N5CCOC6(CCNCC6)C5)nc(OCC56CCCN5C[C@H](F)C6)nc4c3F)ccc(F)c2s1. The summed E-state index contributed by atoms with van der Waals surface area (Å²) in [6.45, 7) is 4.71. The summed E-state index contributed by atoms with van der Waals surface area (Å²) in [5.41, 5.74) is 5.75. The number of ether oxygens (including phenoxy) is 2. The lowest BCUT2D eigenvalue weighted by atomic mass is 9.90. The quantitative estimate of drug-likeness (QED) is 0.294. The summed E-state index contributed by atoms with van der Waals surface area (Å²) in [7, 11) is 0. The molecule has 4 aliphatic rings. The molecule has 0 bridgehead atoms. The average molecular weight is 660 g/mol. The minimum Gasteiger partial charge on any atom is -0.461 e. The Hall–Kier alpha value is -2.97. The van der Waals surface area contributed by atoms with Gasteiger partial charge in [-0.1, -0.05) is 22.9 Å². The van der Waals surface area contributed by atoms with E-state index in [4.69, 9.17) is 31.8 Å². The lowest BCUT2D eigenvalue weighted by molar-refractivity contribution is -0.0740. The first kappa shape index (κ1) is 29.4. The fourth-order valence-electron chi connectivity index (χ4n) is 7.76. The minimum absolute atomic E-state index is 0.0150. The zero-order valence-electron chi connectivity index (χ0n) is 24.6. The van der Waals surface area contributed by atoms with Gasteiger partial charge in [0.2, 0.25) is 0 Å². The number of aromatic nitrogens is 3. The van der Waals surface area contributed by atoms with Crippen molar-refractivity contribution in [1.29, 1.82) is 0 Å². The fraction of sp³-hybridized carbons (Fsp3) is 0.516. The molecule has 238 valence electrons. The van der Waals surface area contributed by atoms with Gasteiger partial charge in [0.25, 0.3) is 0 Å². The lowest BCUT2D eigenvalue weighted by Crippen LogP contribution is -2.56. The number of alkyl halides is 1. The Morgan fingerprint density at radius 2 is 1.98 bits per heavy atom. The number of benzene rings is 2. The summed E-state index contributed by atoms with van der Waals surface area (Å²) in [6, 6.07) is 4.39. The van der Waals surface area contributed by atoms with Gasteiger partial charge in [0.15, 0.2) is 10.9 Å². The second-order valence-electron chi connectivity index (χ2n) is 12.7. The van der Waals surface area contributed by atoms with Crippen LogP contribution in [0, 0.1) is 11.6 Å². The van der Waals surface area contributed by atoms with Crippen molar-refractivity contribution in [3.05, 3.63) is 34.9 Å². The van der Waals surface area contributed by atoms with E-state index in [0.29, 0.717) is 49.4 Å². The van der Waals surface area contributed by atoms with Crippen molar-refractivity contribution < 1.29 is 22.6 Å². The topological polar surface area (TPSA) is 102 Å². The largest absolute Gasteiger partial charge is 0.461 e. The standard InChI is InChI=1S/C31H33ClF3N7O2S/c32-20-12-19-24(23(35)22(20)18-2-3-21(34)26-25(18)38-28(36)45-26)39-29(43-16-30-4-1-9-42(30)14-17(33)13-30)40-27(19)41-10-11-44-31(15-41)5-7-37-8-6-31/h2-3,12,17,37H,1,4-11,13-16H2,(H2,36,38)/t17-,30?/m1/s1. The van der Waals surface area contributed by atoms with Crippen LogP contribution in [0.15, 0.2) is 18.2 Å². The molecule has 14 heteroatoms. The summed E-state index contributed by atoms with van der Waals surface area (Å²) >= 11 is 7.82. The smallest absolute Gasteiger partial charge is 0.319 e. The molecule has 2 atom stereocenters. The van der Waals surface area contributed by atoms with Crippen molar-refractivity contribution in [3.63, 3.8) is 0 Å². The molecule has 0 radical (unpaired) electrons. The second kappa shape index (κ2) is 11.1. The molecule has 3 N–H and O–H groups in total. The number of nitrogen functional groups attached to an aromatic ring is 1. The zero-order valence-corrected chi connectivity index (χ0v) is 26.1. The van der Waals surface area contributed by atoms with E-state index in [1.807, 2.05) is 0 Å². The highest BCUT2D eigenvalue weighted by Gasteiger charge is 2.49. The number of rotatable bonds is 5. The molecule has 1 spiro atoms. The van der Waals surface area contributed by atoms with Gasteiger partial charge in [0.1, 0.15) is 29.9 Å². The van der Waals surface area contributed by atoms with E-state index in [1.165, 1.54) is 12.1 Å². The maximum Gasteiger partial charge on any atom is 0.319 e. The Bertz CT molecular complexity index is 1800. The Balaban J connectivity index is 1.26. The van der Waals surface area contributed by atoms with E-state index >= 15 is 4.39 Å². The lowest BCUT2D eigenvalue weighted by Gasteiger charge is -2.45. The predicted molar refractivity (Wildman–Crippen MR) is 169 cm³/mol. The Morgan fingerprint density at radius 1 is 1.13 bits per heavy atom. The van der Waals surface area contributed by atoms with Crippen LogP contribution in [0.2, 0.25) is 5.02 Å². The van der Waals surface area contributed by atoms with Gasteiger partial charge in [-0.15, -0.1) is 0 Å². The molecule has 4 saturated heterocycles. The highest BCUT2D eigenvalue weighted by molar-refractivity contribution is 7.22. The number of hydrogen-bond donors (Lipinski definition) is 2. The second-order valence-corrected chi connectivity index (χ2v) is 14.1. The van der Waals surface area contributed by atoms with E-state index in [-0.39, 0.29) is 49.7 Å². The number of nitrogens with one attached hydrogen (secondary N) is 1. The van der Waals surface area contributed by atoms with Crippen LogP contribution >= 0.6 is 22.9 Å². The van der Waals surface area contributed by atoms with E-state index in [0.717, 1.165) is 56.7 Å². The molecule has 6 heterocycles. The fourth-order valence-corrected chi connectivity index (χ4v) is 8.82. The van der Waals surface area contributed by atoms with Crippen LogP contribution in [0.3, 0.4) is 0 Å². The van der Waals surface area contributed by atoms with Gasteiger partial charge < -0.3 is 25.4 Å². The maximum absolute atomic E-state index is 16.8. The predicted octanol–water partition coefficient (Wildman–Crippen LogP) is 5.33. The third-order valence-corrected chi connectivity index (χ3v) is 11.1. The molecule has 0 saturated carbocycles. The highest BCUT2D eigenvalue weighted by Crippen LogP contribution is 2.44. The Kier molecular flexibility index (Phi) is 7.25. The highest BCUT2D eigenvalue weighted by atomic mass is 35.5. The summed E-state index contributed by atoms with van der Waals surface area (Å²) in [6.07, 6.45) is 2.95. The molecule has 8 rings (SSSR count). The minimum atomic E-state index is -0.911. The monoisotopic (exact) mass is 659 g/mol. The van der Waals surface area contributed by atoms with Crippen LogP contribution < -0.4 is 20.7 Å². The number of fused-ring (bicyclic) bond motifs is 3. The number of nitrogens with zero attached hydrogens (tertiary/aromatic N) is 5. The molecule has 4 aliphatic heterocycles. The molecule has 9 nitrogen and oxygen atoms in total.